The highest BCUT2D eigenvalue weighted by Crippen LogP contribution is 2.46. The first kappa shape index (κ1) is 21.6. The van der Waals surface area contributed by atoms with Crippen molar-refractivity contribution in [2.45, 2.75) is 58.3 Å². The molecule has 0 unspecified atom stereocenters. The minimum absolute atomic E-state index is 0.251. The quantitative estimate of drug-likeness (QED) is 0.561. The molecule has 2 nitrogen and oxygen atoms in total. The standard InChI is InChI=1S/C27H38N2/c1-20(18-21-8-11-23(12-9-21)28-16-17-29(6)7)22-10-13-24-25(19-22)27(4,5)15-14-26(24,2)3/h8-13,18-19,28H,14-17H2,1-7H3/b20-18+. The molecule has 3 rings (SSSR count). The fraction of sp³-hybridized carbons (Fsp3) is 0.481. The van der Waals surface area contributed by atoms with Gasteiger partial charge in [-0.1, -0.05) is 64.1 Å². The topological polar surface area (TPSA) is 15.3 Å². The van der Waals surface area contributed by atoms with Gasteiger partial charge < -0.3 is 10.2 Å². The molecule has 2 aromatic carbocycles. The third kappa shape index (κ3) is 5.11. The summed E-state index contributed by atoms with van der Waals surface area (Å²) >= 11 is 0. The highest BCUT2D eigenvalue weighted by molar-refractivity contribution is 5.81. The molecular formula is C27H38N2. The molecule has 0 spiro atoms. The Kier molecular flexibility index (Phi) is 6.24. The van der Waals surface area contributed by atoms with Gasteiger partial charge in [-0.2, -0.15) is 0 Å². The molecular weight excluding hydrogens is 352 g/mol. The summed E-state index contributed by atoms with van der Waals surface area (Å²) in [6, 6.07) is 15.9. The van der Waals surface area contributed by atoms with Crippen molar-refractivity contribution in [1.82, 2.24) is 4.90 Å². The number of rotatable bonds is 6. The lowest BCUT2D eigenvalue weighted by Gasteiger charge is -2.42. The van der Waals surface area contributed by atoms with Crippen molar-refractivity contribution in [3.05, 3.63) is 64.7 Å². The summed E-state index contributed by atoms with van der Waals surface area (Å²) in [6.45, 7) is 13.8. The zero-order chi connectivity index (χ0) is 21.2. The molecule has 0 saturated heterocycles. The van der Waals surface area contributed by atoms with Crippen molar-refractivity contribution < 1.29 is 0 Å². The lowest BCUT2D eigenvalue weighted by atomic mass is 9.63. The second-order valence-electron chi connectivity index (χ2n) is 10.2. The molecule has 1 N–H and O–H groups in total. The minimum Gasteiger partial charge on any atom is -0.384 e. The van der Waals surface area contributed by atoms with Crippen LogP contribution in [0.4, 0.5) is 5.69 Å². The van der Waals surface area contributed by atoms with Crippen molar-refractivity contribution >= 4 is 17.3 Å². The number of nitrogens with zero attached hydrogens (tertiary/aromatic N) is 1. The van der Waals surface area contributed by atoms with E-state index in [9.17, 15) is 0 Å². The van der Waals surface area contributed by atoms with E-state index in [1.165, 1.54) is 46.4 Å². The number of hydrogen-bond donors (Lipinski definition) is 1. The highest BCUT2D eigenvalue weighted by Gasteiger charge is 2.36. The van der Waals surface area contributed by atoms with Crippen molar-refractivity contribution in [1.29, 1.82) is 0 Å². The van der Waals surface area contributed by atoms with Gasteiger partial charge in [-0.3, -0.25) is 0 Å². The Morgan fingerprint density at radius 1 is 0.931 bits per heavy atom. The van der Waals surface area contributed by atoms with E-state index in [1.807, 2.05) is 0 Å². The van der Waals surface area contributed by atoms with E-state index in [2.05, 4.69) is 107 Å². The van der Waals surface area contributed by atoms with Crippen LogP contribution >= 0.6 is 0 Å². The Bertz CT molecular complexity index is 870. The maximum Gasteiger partial charge on any atom is 0.0341 e. The van der Waals surface area contributed by atoms with Gasteiger partial charge in [-0.05, 0) is 84.7 Å². The van der Waals surface area contributed by atoms with Gasteiger partial charge in [0.15, 0.2) is 0 Å². The van der Waals surface area contributed by atoms with Crippen LogP contribution < -0.4 is 5.32 Å². The Labute approximate surface area is 178 Å². The third-order valence-electron chi connectivity index (χ3n) is 6.49. The molecule has 0 atom stereocenters. The van der Waals surface area contributed by atoms with Gasteiger partial charge in [0.2, 0.25) is 0 Å². The van der Waals surface area contributed by atoms with Crippen LogP contribution in [0, 0.1) is 0 Å². The highest BCUT2D eigenvalue weighted by atomic mass is 15.1. The molecule has 1 aliphatic rings. The van der Waals surface area contributed by atoms with Crippen molar-refractivity contribution in [2.75, 3.05) is 32.5 Å². The summed E-state index contributed by atoms with van der Waals surface area (Å²) in [5.74, 6) is 0. The maximum atomic E-state index is 3.48. The van der Waals surface area contributed by atoms with E-state index in [1.54, 1.807) is 0 Å². The molecule has 156 valence electrons. The normalized spacial score (nSPS) is 17.9. The molecule has 0 aliphatic heterocycles. The second kappa shape index (κ2) is 8.36. The molecule has 0 saturated carbocycles. The zero-order valence-electron chi connectivity index (χ0n) is 19.4. The van der Waals surface area contributed by atoms with Crippen LogP contribution in [0.2, 0.25) is 0 Å². The number of likely N-dealkylation sites (N-methyl/N-ethyl adjacent to an activating group) is 1. The zero-order valence-corrected chi connectivity index (χ0v) is 19.4. The largest absolute Gasteiger partial charge is 0.384 e. The summed E-state index contributed by atoms with van der Waals surface area (Å²) in [5, 5.41) is 3.48. The third-order valence-corrected chi connectivity index (χ3v) is 6.49. The predicted molar refractivity (Wildman–Crippen MR) is 129 cm³/mol. The van der Waals surface area contributed by atoms with Gasteiger partial charge in [-0.15, -0.1) is 0 Å². The molecule has 0 fully saturated rings. The van der Waals surface area contributed by atoms with Gasteiger partial charge in [-0.25, -0.2) is 0 Å². The lowest BCUT2D eigenvalue weighted by molar-refractivity contribution is 0.332. The number of nitrogens with one attached hydrogen (secondary N) is 1. The Morgan fingerprint density at radius 3 is 2.17 bits per heavy atom. The van der Waals surface area contributed by atoms with Crippen LogP contribution in [0.3, 0.4) is 0 Å². The molecule has 0 bridgehead atoms. The minimum atomic E-state index is 0.251. The van der Waals surface area contributed by atoms with Crippen LogP contribution in [0.15, 0.2) is 42.5 Å². The van der Waals surface area contributed by atoms with Gasteiger partial charge in [0.05, 0.1) is 0 Å². The number of fused-ring (bicyclic) bond motifs is 1. The van der Waals surface area contributed by atoms with Crippen LogP contribution in [0.1, 0.15) is 69.7 Å². The molecule has 2 aromatic rings. The maximum absolute atomic E-state index is 3.48. The number of anilines is 1. The van der Waals surface area contributed by atoms with E-state index in [4.69, 9.17) is 0 Å². The average molecular weight is 391 g/mol. The SMILES string of the molecule is C/C(=C\c1ccc(NCCN(C)C)cc1)c1ccc2c(c1)C(C)(C)CCC2(C)C. The van der Waals surface area contributed by atoms with E-state index in [0.29, 0.717) is 0 Å². The fourth-order valence-electron chi connectivity index (χ4n) is 4.29. The monoisotopic (exact) mass is 390 g/mol. The van der Waals surface area contributed by atoms with Gasteiger partial charge in [0, 0.05) is 18.8 Å². The second-order valence-corrected chi connectivity index (χ2v) is 10.2. The van der Waals surface area contributed by atoms with Crippen LogP contribution in [-0.4, -0.2) is 32.1 Å². The summed E-state index contributed by atoms with van der Waals surface area (Å²) in [7, 11) is 4.20. The molecule has 0 aromatic heterocycles. The molecule has 0 radical (unpaired) electrons. The average Bonchev–Trinajstić information content (AvgIpc) is 2.66. The smallest absolute Gasteiger partial charge is 0.0341 e. The Morgan fingerprint density at radius 2 is 1.55 bits per heavy atom. The number of hydrogen-bond acceptors (Lipinski definition) is 2. The Balaban J connectivity index is 1.80. The van der Waals surface area contributed by atoms with E-state index >= 15 is 0 Å². The molecule has 29 heavy (non-hydrogen) atoms. The van der Waals surface area contributed by atoms with E-state index < -0.39 is 0 Å². The molecule has 2 heteroatoms. The summed E-state index contributed by atoms with van der Waals surface area (Å²) in [4.78, 5) is 2.19. The summed E-state index contributed by atoms with van der Waals surface area (Å²) in [6.07, 6.45) is 4.81. The molecule has 0 heterocycles. The first-order valence-electron chi connectivity index (χ1n) is 10.9. The Hall–Kier alpha value is -2.06. The first-order chi connectivity index (χ1) is 13.6. The predicted octanol–water partition coefficient (Wildman–Crippen LogP) is 6.57. The van der Waals surface area contributed by atoms with Crippen LogP contribution in [-0.2, 0) is 10.8 Å². The van der Waals surface area contributed by atoms with Crippen LogP contribution in [0.25, 0.3) is 11.6 Å². The van der Waals surface area contributed by atoms with Gasteiger partial charge in [0.25, 0.3) is 0 Å². The summed E-state index contributed by atoms with van der Waals surface area (Å²) < 4.78 is 0. The first-order valence-corrected chi connectivity index (χ1v) is 10.9. The van der Waals surface area contributed by atoms with E-state index in [-0.39, 0.29) is 10.8 Å². The number of benzene rings is 2. The number of allylic oxidation sites excluding steroid dienone is 1. The lowest BCUT2D eigenvalue weighted by Crippen LogP contribution is -2.33. The van der Waals surface area contributed by atoms with Crippen LogP contribution in [0.5, 0.6) is 0 Å². The summed E-state index contributed by atoms with van der Waals surface area (Å²) in [5.41, 5.74) is 8.66. The van der Waals surface area contributed by atoms with Gasteiger partial charge >= 0.3 is 0 Å². The van der Waals surface area contributed by atoms with Gasteiger partial charge in [0.1, 0.15) is 0 Å². The van der Waals surface area contributed by atoms with Crippen molar-refractivity contribution in [3.8, 4) is 0 Å². The fourth-order valence-corrected chi connectivity index (χ4v) is 4.29. The van der Waals surface area contributed by atoms with Crippen molar-refractivity contribution in [3.63, 3.8) is 0 Å². The molecule has 0 amide bonds. The molecule has 1 aliphatic carbocycles. The van der Waals surface area contributed by atoms with E-state index in [0.717, 1.165) is 13.1 Å². The van der Waals surface area contributed by atoms with Crippen molar-refractivity contribution in [2.24, 2.45) is 0 Å².